The number of nitrogens with zero attached hydrogens (tertiary/aromatic N) is 2. The molecule has 2 heterocycles. The monoisotopic (exact) mass is 317 g/mol. The first-order chi connectivity index (χ1) is 10.1. The van der Waals surface area contributed by atoms with Crippen molar-refractivity contribution in [1.29, 1.82) is 0 Å². The van der Waals surface area contributed by atoms with E-state index in [2.05, 4.69) is 0 Å². The number of likely N-dealkylation sites (tertiary alicyclic amines) is 1. The molecule has 1 atom stereocenters. The highest BCUT2D eigenvalue weighted by Crippen LogP contribution is 2.25. The van der Waals surface area contributed by atoms with E-state index in [1.165, 1.54) is 24.8 Å². The number of rotatable bonds is 3. The van der Waals surface area contributed by atoms with E-state index in [4.69, 9.17) is 5.73 Å². The van der Waals surface area contributed by atoms with E-state index < -0.39 is 18.6 Å². The number of hydrogen-bond acceptors (Lipinski definition) is 2. The van der Waals surface area contributed by atoms with Gasteiger partial charge in [0, 0.05) is 24.5 Å². The first kappa shape index (κ1) is 16.4. The molecule has 0 aliphatic carbocycles. The second kappa shape index (κ2) is 5.66. The summed E-state index contributed by atoms with van der Waals surface area (Å²) >= 11 is 0. The highest BCUT2D eigenvalue weighted by atomic mass is 19.4. The van der Waals surface area contributed by atoms with Gasteiger partial charge in [-0.25, -0.2) is 0 Å². The summed E-state index contributed by atoms with van der Waals surface area (Å²) in [6.07, 6.45) is -3.86. The largest absolute Gasteiger partial charge is 0.406 e. The summed E-state index contributed by atoms with van der Waals surface area (Å²) in [5.41, 5.74) is 6.12. The SMILES string of the molecule is Cc1cc(C(=O)N2CCC(C(N)=O)C2)c(C)n1CC(F)(F)F. The van der Waals surface area contributed by atoms with Crippen molar-refractivity contribution in [3.05, 3.63) is 23.0 Å². The predicted molar refractivity (Wildman–Crippen MR) is 73.2 cm³/mol. The minimum Gasteiger partial charge on any atom is -0.369 e. The lowest BCUT2D eigenvalue weighted by atomic mass is 10.1. The van der Waals surface area contributed by atoms with E-state index >= 15 is 0 Å². The molecule has 0 bridgehead atoms. The zero-order valence-corrected chi connectivity index (χ0v) is 12.4. The highest BCUT2D eigenvalue weighted by Gasteiger charge is 2.33. The Morgan fingerprint density at radius 1 is 1.36 bits per heavy atom. The van der Waals surface area contributed by atoms with Crippen LogP contribution < -0.4 is 5.73 Å². The summed E-state index contributed by atoms with van der Waals surface area (Å²) in [6, 6.07) is 1.46. The normalized spacial score (nSPS) is 18.8. The molecular weight excluding hydrogens is 299 g/mol. The number of nitrogens with two attached hydrogens (primary N) is 1. The van der Waals surface area contributed by atoms with Crippen LogP contribution in [0.3, 0.4) is 0 Å². The van der Waals surface area contributed by atoms with E-state index in [1.54, 1.807) is 0 Å². The Bertz CT molecular complexity index is 607. The molecule has 1 aliphatic heterocycles. The van der Waals surface area contributed by atoms with Gasteiger partial charge < -0.3 is 15.2 Å². The molecule has 2 amide bonds. The lowest BCUT2D eigenvalue weighted by Gasteiger charge is -2.16. The fourth-order valence-corrected chi connectivity index (χ4v) is 2.79. The molecule has 1 aromatic heterocycles. The van der Waals surface area contributed by atoms with Crippen molar-refractivity contribution < 1.29 is 22.8 Å². The molecule has 22 heavy (non-hydrogen) atoms. The zero-order chi connectivity index (χ0) is 16.7. The maximum atomic E-state index is 12.6. The smallest absolute Gasteiger partial charge is 0.369 e. The molecule has 1 aromatic rings. The molecule has 1 saturated heterocycles. The number of hydrogen-bond donors (Lipinski definition) is 1. The molecule has 0 spiro atoms. The van der Waals surface area contributed by atoms with Crippen molar-refractivity contribution in [1.82, 2.24) is 9.47 Å². The number of aryl methyl sites for hydroxylation is 1. The third-order valence-electron chi connectivity index (χ3n) is 4.02. The van der Waals surface area contributed by atoms with Gasteiger partial charge in [0.15, 0.2) is 0 Å². The van der Waals surface area contributed by atoms with Crippen LogP contribution >= 0.6 is 0 Å². The second-order valence-electron chi connectivity index (χ2n) is 5.63. The van der Waals surface area contributed by atoms with Crippen LogP contribution in [-0.4, -0.2) is 40.5 Å². The van der Waals surface area contributed by atoms with Gasteiger partial charge in [-0.2, -0.15) is 13.2 Å². The Morgan fingerprint density at radius 2 is 2.00 bits per heavy atom. The molecule has 5 nitrogen and oxygen atoms in total. The zero-order valence-electron chi connectivity index (χ0n) is 12.4. The molecule has 1 aliphatic rings. The summed E-state index contributed by atoms with van der Waals surface area (Å²) < 4.78 is 38.8. The van der Waals surface area contributed by atoms with Gasteiger partial charge in [-0.3, -0.25) is 9.59 Å². The van der Waals surface area contributed by atoms with Crippen molar-refractivity contribution in [2.45, 2.75) is 33.0 Å². The lowest BCUT2D eigenvalue weighted by Crippen LogP contribution is -2.32. The Balaban J connectivity index is 2.21. The predicted octanol–water partition coefficient (Wildman–Crippen LogP) is 1.61. The molecule has 2 rings (SSSR count). The summed E-state index contributed by atoms with van der Waals surface area (Å²) in [5, 5.41) is 0. The van der Waals surface area contributed by atoms with E-state index in [0.717, 1.165) is 4.57 Å². The van der Waals surface area contributed by atoms with Crippen molar-refractivity contribution in [2.24, 2.45) is 11.7 Å². The Hall–Kier alpha value is -1.99. The number of alkyl halides is 3. The van der Waals surface area contributed by atoms with Gasteiger partial charge in [0.2, 0.25) is 5.91 Å². The van der Waals surface area contributed by atoms with E-state index in [9.17, 15) is 22.8 Å². The number of primary amides is 1. The van der Waals surface area contributed by atoms with Crippen molar-refractivity contribution >= 4 is 11.8 Å². The standard InChI is InChI=1S/C14H18F3N3O2/c1-8-5-11(9(2)20(8)7-14(15,16)17)13(22)19-4-3-10(6-19)12(18)21/h5,10H,3-4,6-7H2,1-2H3,(H2,18,21). The van der Waals surface area contributed by atoms with Crippen molar-refractivity contribution in [2.75, 3.05) is 13.1 Å². The Kier molecular flexibility index (Phi) is 4.21. The van der Waals surface area contributed by atoms with Crippen LogP contribution in [0.1, 0.15) is 28.2 Å². The number of carbonyl (C=O) groups excluding carboxylic acids is 2. The number of carbonyl (C=O) groups is 2. The molecule has 1 fully saturated rings. The molecular formula is C14H18F3N3O2. The number of halogens is 3. The van der Waals surface area contributed by atoms with Crippen LogP contribution in [0.15, 0.2) is 6.07 Å². The summed E-state index contributed by atoms with van der Waals surface area (Å²) in [6.45, 7) is 2.51. The minimum atomic E-state index is -4.35. The number of amides is 2. The maximum absolute atomic E-state index is 12.6. The fourth-order valence-electron chi connectivity index (χ4n) is 2.79. The molecule has 0 aromatic carbocycles. The minimum absolute atomic E-state index is 0.219. The van der Waals surface area contributed by atoms with E-state index in [0.29, 0.717) is 18.7 Å². The topological polar surface area (TPSA) is 68.3 Å². The molecule has 122 valence electrons. The van der Waals surface area contributed by atoms with Gasteiger partial charge in [0.05, 0.1) is 11.5 Å². The van der Waals surface area contributed by atoms with Crippen molar-refractivity contribution in [3.8, 4) is 0 Å². The molecule has 0 saturated carbocycles. The fraction of sp³-hybridized carbons (Fsp3) is 0.571. The second-order valence-corrected chi connectivity index (χ2v) is 5.63. The molecule has 8 heteroatoms. The van der Waals surface area contributed by atoms with Crippen LogP contribution in [0.2, 0.25) is 0 Å². The highest BCUT2D eigenvalue weighted by molar-refractivity contribution is 5.96. The summed E-state index contributed by atoms with van der Waals surface area (Å²) in [7, 11) is 0. The van der Waals surface area contributed by atoms with Gasteiger partial charge >= 0.3 is 6.18 Å². The van der Waals surface area contributed by atoms with Gasteiger partial charge in [-0.1, -0.05) is 0 Å². The summed E-state index contributed by atoms with van der Waals surface area (Å²) in [5.74, 6) is -1.20. The van der Waals surface area contributed by atoms with Crippen LogP contribution in [0.4, 0.5) is 13.2 Å². The molecule has 0 radical (unpaired) electrons. The molecule has 2 N–H and O–H groups in total. The first-order valence-electron chi connectivity index (χ1n) is 6.92. The van der Waals surface area contributed by atoms with Crippen LogP contribution in [0, 0.1) is 19.8 Å². The third kappa shape index (κ3) is 3.26. The quantitative estimate of drug-likeness (QED) is 0.920. The molecule has 1 unspecified atom stereocenters. The average Bonchev–Trinajstić information content (AvgIpc) is 2.97. The number of aromatic nitrogens is 1. The van der Waals surface area contributed by atoms with Crippen molar-refractivity contribution in [3.63, 3.8) is 0 Å². The Labute approximate surface area is 125 Å². The van der Waals surface area contributed by atoms with Gasteiger partial charge in [-0.15, -0.1) is 0 Å². The van der Waals surface area contributed by atoms with E-state index in [1.807, 2.05) is 0 Å². The van der Waals surface area contributed by atoms with Crippen LogP contribution in [0.5, 0.6) is 0 Å². The van der Waals surface area contributed by atoms with Crippen LogP contribution in [-0.2, 0) is 11.3 Å². The van der Waals surface area contributed by atoms with Gasteiger partial charge in [-0.05, 0) is 26.3 Å². The maximum Gasteiger partial charge on any atom is 0.406 e. The van der Waals surface area contributed by atoms with E-state index in [-0.39, 0.29) is 29.6 Å². The summed E-state index contributed by atoms with van der Waals surface area (Å²) in [4.78, 5) is 25.1. The average molecular weight is 317 g/mol. The lowest BCUT2D eigenvalue weighted by molar-refractivity contribution is -0.141. The van der Waals surface area contributed by atoms with Gasteiger partial charge in [0.25, 0.3) is 5.91 Å². The van der Waals surface area contributed by atoms with Crippen LogP contribution in [0.25, 0.3) is 0 Å². The Morgan fingerprint density at radius 3 is 2.50 bits per heavy atom. The third-order valence-corrected chi connectivity index (χ3v) is 4.02. The first-order valence-corrected chi connectivity index (χ1v) is 6.92. The van der Waals surface area contributed by atoms with Gasteiger partial charge in [0.1, 0.15) is 6.54 Å².